The van der Waals surface area contributed by atoms with Gasteiger partial charge in [-0.25, -0.2) is 32.9 Å². The fourth-order valence-corrected chi connectivity index (χ4v) is 6.74. The minimum Gasteiger partial charge on any atom is -0.492 e. The van der Waals surface area contributed by atoms with Crippen molar-refractivity contribution in [3.63, 3.8) is 0 Å². The van der Waals surface area contributed by atoms with Crippen LogP contribution < -0.4 is 35.9 Å². The van der Waals surface area contributed by atoms with Crippen LogP contribution in [0.4, 0.5) is 74.2 Å². The molecular formula is C44H45ClF9N11O11. The predicted octanol–water partition coefficient (Wildman–Crippen LogP) is 7.42. The van der Waals surface area contributed by atoms with Crippen molar-refractivity contribution in [1.29, 1.82) is 0 Å². The van der Waals surface area contributed by atoms with Gasteiger partial charge in [-0.3, -0.25) is 19.7 Å². The second-order valence-corrected chi connectivity index (χ2v) is 15.2. The first kappa shape index (κ1) is 60.4. The molecule has 0 atom stereocenters. The molecule has 7 rings (SSSR count). The van der Waals surface area contributed by atoms with Gasteiger partial charge in [0.1, 0.15) is 22.8 Å². The second kappa shape index (κ2) is 26.9. The summed E-state index contributed by atoms with van der Waals surface area (Å²) in [4.78, 5) is 61.9. The Kier molecular flexibility index (Phi) is 21.3. The molecule has 6 N–H and O–H groups in total. The van der Waals surface area contributed by atoms with Crippen molar-refractivity contribution in [2.24, 2.45) is 0 Å². The molecule has 0 aliphatic carbocycles. The average molecular weight is 1110 g/mol. The number of aromatic carboxylic acids is 1. The summed E-state index contributed by atoms with van der Waals surface area (Å²) in [6, 6.07) is 7.18. The van der Waals surface area contributed by atoms with E-state index >= 15 is 0 Å². The number of carbonyl (C=O) groups excluding carboxylic acids is 2. The van der Waals surface area contributed by atoms with Crippen LogP contribution in [0.2, 0.25) is 5.28 Å². The molecule has 76 heavy (non-hydrogen) atoms. The number of nitrogens with one attached hydrogen (secondary N) is 3. The highest BCUT2D eigenvalue weighted by molar-refractivity contribution is 6.28. The summed E-state index contributed by atoms with van der Waals surface area (Å²) < 4.78 is 143. The number of carbonyl (C=O) groups is 3. The summed E-state index contributed by atoms with van der Waals surface area (Å²) >= 11 is 5.32. The fraction of sp³-hybridized carbons (Fsp3) is 0.341. The minimum absolute atomic E-state index is 0.0250. The number of anilines is 5. The average Bonchev–Trinajstić information content (AvgIpc) is 3.38. The van der Waals surface area contributed by atoms with Gasteiger partial charge in [0.05, 0.1) is 80.7 Å². The third kappa shape index (κ3) is 15.2. The number of rotatable bonds is 11. The van der Waals surface area contributed by atoms with E-state index in [4.69, 9.17) is 41.4 Å². The highest BCUT2D eigenvalue weighted by atomic mass is 35.5. The number of morpholine rings is 2. The third-order valence-electron chi connectivity index (χ3n) is 10.3. The molecule has 2 saturated heterocycles. The number of hydrogen-bond donors (Lipinski definition) is 5. The van der Waals surface area contributed by atoms with E-state index in [2.05, 4.69) is 40.6 Å². The number of nitrogens with two attached hydrogens (primary N) is 1. The van der Waals surface area contributed by atoms with E-state index in [-0.39, 0.29) is 57.0 Å². The van der Waals surface area contributed by atoms with E-state index in [0.29, 0.717) is 65.0 Å². The van der Waals surface area contributed by atoms with Gasteiger partial charge in [-0.1, -0.05) is 0 Å². The van der Waals surface area contributed by atoms with Crippen LogP contribution in [0.5, 0.6) is 17.2 Å². The Bertz CT molecular complexity index is 2880. The van der Waals surface area contributed by atoms with Crippen LogP contribution in [-0.4, -0.2) is 146 Å². The lowest BCUT2D eigenvalue weighted by Crippen LogP contribution is -2.41. The second-order valence-electron chi connectivity index (χ2n) is 14.9. The van der Waals surface area contributed by atoms with Gasteiger partial charge >= 0.3 is 24.0 Å². The van der Waals surface area contributed by atoms with Gasteiger partial charge in [0.25, 0.3) is 11.8 Å². The summed E-state index contributed by atoms with van der Waals surface area (Å²) in [5.41, 5.74) is 2.33. The Morgan fingerprint density at radius 3 is 1.58 bits per heavy atom. The molecule has 32 heteroatoms. The molecule has 412 valence electrons. The number of amides is 2. The van der Waals surface area contributed by atoms with Crippen LogP contribution in [0, 0.1) is 27.6 Å². The number of halogens is 10. The Labute approximate surface area is 429 Å². The summed E-state index contributed by atoms with van der Waals surface area (Å²) in [6.07, 6.45) is -7.85. The zero-order valence-electron chi connectivity index (χ0n) is 40.3. The number of carboxylic acid groups (broad SMARTS) is 1. The van der Waals surface area contributed by atoms with E-state index in [1.807, 2.05) is 0 Å². The van der Waals surface area contributed by atoms with Crippen molar-refractivity contribution in [1.82, 2.24) is 29.7 Å². The summed E-state index contributed by atoms with van der Waals surface area (Å²) in [6.45, 7) is 3.28. The first-order chi connectivity index (χ1) is 35.8. The highest BCUT2D eigenvalue weighted by Gasteiger charge is 2.36. The number of methoxy groups -OCH3 is 3. The molecule has 2 aliphatic heterocycles. The lowest BCUT2D eigenvalue weighted by molar-refractivity contribution is -0.386. The first-order valence-corrected chi connectivity index (χ1v) is 21.9. The zero-order valence-corrected chi connectivity index (χ0v) is 41.0. The number of benzene rings is 3. The van der Waals surface area contributed by atoms with Gasteiger partial charge in [-0.05, 0) is 41.9 Å². The largest absolute Gasteiger partial charge is 0.492 e. The van der Waals surface area contributed by atoms with Crippen molar-refractivity contribution in [2.75, 3.05) is 110 Å². The molecule has 0 spiro atoms. The lowest BCUT2D eigenvalue weighted by atomic mass is 10.1. The number of ether oxygens (including phenoxy) is 5. The molecule has 0 radical (unpaired) electrons. The summed E-state index contributed by atoms with van der Waals surface area (Å²) in [7, 11) is 6.16. The standard InChI is InChI=1S/C18H19F4N5O3.C12H15FN2O3.C8H6FNO5.C6H5ClF3N3/c1-23-15-11(18(20,21)22)9-24-17(26-15)25-12-4-3-10(13(19)14(12)29-2)16(28)27-5-7-30-8-6-27;1-17-11-9(14)3-2-8(10(11)13)12(16)15-4-6-18-7-5-15;1-15-7-5(10(13)14)3-2-4(6(7)9)8(11)12;1-11-4-3(6(8,9)10)2-12-5(7)13-4/h3-4,9H,5-8H2,1-2H3,(H2,23,24,25,26);2-3H,4-7,14H2,1H3;2-3H,1H3,(H,11,12);2H,1H3,(H,11,12,13). The molecule has 2 amide bonds. The number of carboxylic acids is 1. The van der Waals surface area contributed by atoms with Gasteiger partial charge in [-0.2, -0.15) is 31.3 Å². The Hall–Kier alpha value is -8.19. The number of nitro benzene ring substituents is 1. The monoisotopic (exact) mass is 1110 g/mol. The first-order valence-electron chi connectivity index (χ1n) is 21.5. The van der Waals surface area contributed by atoms with Crippen molar-refractivity contribution >= 4 is 64.0 Å². The van der Waals surface area contributed by atoms with Crippen molar-refractivity contribution in [2.45, 2.75) is 12.4 Å². The molecule has 22 nitrogen and oxygen atoms in total. The van der Waals surface area contributed by atoms with Gasteiger partial charge in [0.2, 0.25) is 17.0 Å². The van der Waals surface area contributed by atoms with Crippen LogP contribution in [0.25, 0.3) is 0 Å². The SMILES string of the molecule is CNc1nc(Cl)ncc1C(F)(F)F.CNc1nc(Nc2ccc(C(=O)N3CCOCC3)c(F)c2OC)ncc1C(F)(F)F.COc1c(N)ccc(C(=O)N2CCOCC2)c1F.COc1c([N+](=O)[O-])ccc(C(=O)O)c1F. The summed E-state index contributed by atoms with van der Waals surface area (Å²) in [5, 5.41) is 26.0. The number of aromatic nitrogens is 4. The molecule has 2 aromatic heterocycles. The molecule has 2 fully saturated rings. The molecule has 0 saturated carbocycles. The zero-order chi connectivity index (χ0) is 56.7. The number of nitro groups is 1. The van der Waals surface area contributed by atoms with E-state index in [1.54, 1.807) is 4.90 Å². The fourth-order valence-electron chi connectivity index (χ4n) is 6.60. The van der Waals surface area contributed by atoms with Crippen LogP contribution in [0.1, 0.15) is 42.2 Å². The van der Waals surface area contributed by atoms with Crippen molar-refractivity contribution < 1.29 is 87.6 Å². The lowest BCUT2D eigenvalue weighted by Gasteiger charge is -2.27. The molecule has 2 aliphatic rings. The molecule has 5 aromatic rings. The summed E-state index contributed by atoms with van der Waals surface area (Å²) in [5.74, 6) is -7.30. The van der Waals surface area contributed by atoms with Crippen molar-refractivity contribution in [3.8, 4) is 17.2 Å². The number of nitrogens with zero attached hydrogens (tertiary/aromatic N) is 7. The maximum Gasteiger partial charge on any atom is 0.421 e. The number of nitrogen functional groups attached to an aromatic ring is 1. The van der Waals surface area contributed by atoms with Gasteiger partial charge < -0.3 is 60.3 Å². The predicted molar refractivity (Wildman–Crippen MR) is 252 cm³/mol. The van der Waals surface area contributed by atoms with Crippen LogP contribution >= 0.6 is 11.6 Å². The highest BCUT2D eigenvalue weighted by Crippen LogP contribution is 2.37. The van der Waals surface area contributed by atoms with E-state index in [9.17, 15) is 64.0 Å². The van der Waals surface area contributed by atoms with Gasteiger partial charge in [0.15, 0.2) is 29.0 Å². The Morgan fingerprint density at radius 2 is 1.13 bits per heavy atom. The number of alkyl halides is 6. The van der Waals surface area contributed by atoms with Crippen LogP contribution in [0.15, 0.2) is 48.8 Å². The normalized spacial score (nSPS) is 13.2. The van der Waals surface area contributed by atoms with E-state index in [0.717, 1.165) is 19.2 Å². The number of hydrogen-bond acceptors (Lipinski definition) is 18. The quantitative estimate of drug-likeness (QED) is 0.0283. The van der Waals surface area contributed by atoms with Crippen LogP contribution in [0.3, 0.4) is 0 Å². The van der Waals surface area contributed by atoms with Crippen molar-refractivity contribution in [3.05, 3.63) is 109 Å². The molecule has 4 heterocycles. The Balaban J connectivity index is 0.000000233. The topological polar surface area (TPSA) is 281 Å². The minimum atomic E-state index is -4.64. The van der Waals surface area contributed by atoms with E-state index < -0.39 is 80.5 Å². The molecule has 3 aromatic carbocycles. The maximum atomic E-state index is 15.0. The molecule has 0 unspecified atom stereocenters. The third-order valence-corrected chi connectivity index (χ3v) is 10.5. The maximum absolute atomic E-state index is 15.0. The molecular weight excluding hydrogens is 1060 g/mol. The van der Waals surface area contributed by atoms with E-state index in [1.165, 1.54) is 57.5 Å². The smallest absolute Gasteiger partial charge is 0.421 e. The molecule has 0 bridgehead atoms. The van der Waals surface area contributed by atoms with Gasteiger partial charge in [0, 0.05) is 58.7 Å². The van der Waals surface area contributed by atoms with Gasteiger partial charge in [-0.15, -0.1) is 0 Å². The Morgan fingerprint density at radius 1 is 0.697 bits per heavy atom. The van der Waals surface area contributed by atoms with Crippen LogP contribution in [-0.2, 0) is 21.8 Å².